The fraction of sp³-hybridized carbons (Fsp3) is 1.00. The monoisotopic (exact) mass is 210 g/mol. The van der Waals surface area contributed by atoms with Crippen LogP contribution in [-0.4, -0.2) is 36.6 Å². The van der Waals surface area contributed by atoms with Gasteiger partial charge in [-0.3, -0.25) is 4.90 Å². The van der Waals surface area contributed by atoms with E-state index in [-0.39, 0.29) is 0 Å². The van der Waals surface area contributed by atoms with Crippen LogP contribution in [0.5, 0.6) is 0 Å². The van der Waals surface area contributed by atoms with E-state index in [1.807, 2.05) is 0 Å². The van der Waals surface area contributed by atoms with Crippen molar-refractivity contribution in [1.29, 1.82) is 0 Å². The average Bonchev–Trinajstić information content (AvgIpc) is 2.74. The quantitative estimate of drug-likeness (QED) is 0.766. The van der Waals surface area contributed by atoms with E-state index in [2.05, 4.69) is 17.1 Å². The summed E-state index contributed by atoms with van der Waals surface area (Å²) in [5, 5.41) is 3.71. The number of hydrogen-bond acceptors (Lipinski definition) is 2. The van der Waals surface area contributed by atoms with E-state index >= 15 is 0 Å². The Bertz CT molecular complexity index is 175. The van der Waals surface area contributed by atoms with Gasteiger partial charge in [0.15, 0.2) is 0 Å². The summed E-state index contributed by atoms with van der Waals surface area (Å²) in [5.41, 5.74) is 0. The molecule has 2 rings (SSSR count). The van der Waals surface area contributed by atoms with Crippen LogP contribution >= 0.6 is 0 Å². The van der Waals surface area contributed by atoms with Crippen LogP contribution in [0, 0.1) is 0 Å². The van der Waals surface area contributed by atoms with Crippen molar-refractivity contribution in [3.05, 3.63) is 0 Å². The lowest BCUT2D eigenvalue weighted by Crippen LogP contribution is -2.42. The summed E-state index contributed by atoms with van der Waals surface area (Å²) in [6.45, 7) is 6.18. The molecular weight excluding hydrogens is 184 g/mol. The number of hydrogen-bond donors (Lipinski definition) is 1. The highest BCUT2D eigenvalue weighted by atomic mass is 15.2. The van der Waals surface area contributed by atoms with Crippen LogP contribution in [0.1, 0.15) is 51.9 Å². The highest BCUT2D eigenvalue weighted by Gasteiger charge is 2.18. The molecule has 0 bridgehead atoms. The molecule has 15 heavy (non-hydrogen) atoms. The molecule has 2 fully saturated rings. The number of nitrogens with zero attached hydrogens (tertiary/aromatic N) is 1. The normalized spacial score (nSPS) is 29.8. The Labute approximate surface area is 94.4 Å². The molecule has 2 nitrogen and oxygen atoms in total. The molecule has 2 aliphatic rings. The molecule has 0 unspecified atom stereocenters. The maximum absolute atomic E-state index is 3.71. The molecule has 0 aromatic rings. The summed E-state index contributed by atoms with van der Waals surface area (Å²) in [7, 11) is 0. The number of likely N-dealkylation sites (tertiary alicyclic amines) is 1. The Morgan fingerprint density at radius 3 is 2.53 bits per heavy atom. The van der Waals surface area contributed by atoms with Crippen molar-refractivity contribution in [3.63, 3.8) is 0 Å². The molecule has 1 aliphatic heterocycles. The Morgan fingerprint density at radius 1 is 1.07 bits per heavy atom. The summed E-state index contributed by atoms with van der Waals surface area (Å²) >= 11 is 0. The lowest BCUT2D eigenvalue weighted by atomic mass is 10.0. The van der Waals surface area contributed by atoms with Gasteiger partial charge in [0.25, 0.3) is 0 Å². The van der Waals surface area contributed by atoms with Crippen molar-refractivity contribution >= 4 is 0 Å². The van der Waals surface area contributed by atoms with Gasteiger partial charge in [0.05, 0.1) is 0 Å². The van der Waals surface area contributed by atoms with E-state index in [9.17, 15) is 0 Å². The fourth-order valence-corrected chi connectivity index (χ4v) is 3.03. The van der Waals surface area contributed by atoms with Crippen LogP contribution in [0.3, 0.4) is 0 Å². The van der Waals surface area contributed by atoms with Gasteiger partial charge in [0.2, 0.25) is 0 Å². The molecule has 0 aromatic heterocycles. The molecule has 1 aliphatic carbocycles. The van der Waals surface area contributed by atoms with Crippen LogP contribution in [0.25, 0.3) is 0 Å². The SMILES string of the molecule is C[C@@H]1CCCCN1CCNC1CCCC1. The Kier molecular flexibility index (Phi) is 4.45. The van der Waals surface area contributed by atoms with Crippen LogP contribution < -0.4 is 5.32 Å². The van der Waals surface area contributed by atoms with E-state index in [0.29, 0.717) is 0 Å². The first-order chi connectivity index (χ1) is 7.36. The molecule has 0 spiro atoms. The minimum absolute atomic E-state index is 0.823. The third kappa shape index (κ3) is 3.46. The second kappa shape index (κ2) is 5.86. The molecule has 1 heterocycles. The van der Waals surface area contributed by atoms with Gasteiger partial charge in [-0.05, 0) is 39.2 Å². The fourth-order valence-electron chi connectivity index (χ4n) is 3.03. The molecule has 1 saturated heterocycles. The third-order valence-electron chi connectivity index (χ3n) is 4.13. The van der Waals surface area contributed by atoms with E-state index < -0.39 is 0 Å². The lowest BCUT2D eigenvalue weighted by Gasteiger charge is -2.33. The molecule has 1 atom stereocenters. The second-order valence-corrected chi connectivity index (χ2v) is 5.32. The van der Waals surface area contributed by atoms with Gasteiger partial charge in [-0.25, -0.2) is 0 Å². The van der Waals surface area contributed by atoms with Crippen molar-refractivity contribution < 1.29 is 0 Å². The van der Waals surface area contributed by atoms with Crippen molar-refractivity contribution in [1.82, 2.24) is 10.2 Å². The second-order valence-electron chi connectivity index (χ2n) is 5.32. The van der Waals surface area contributed by atoms with Gasteiger partial charge in [-0.1, -0.05) is 19.3 Å². The third-order valence-corrected chi connectivity index (χ3v) is 4.13. The summed E-state index contributed by atoms with van der Waals surface area (Å²) < 4.78 is 0. The molecule has 0 radical (unpaired) electrons. The van der Waals surface area contributed by atoms with Crippen LogP contribution in [0.2, 0.25) is 0 Å². The van der Waals surface area contributed by atoms with Gasteiger partial charge < -0.3 is 5.32 Å². The predicted molar refractivity (Wildman–Crippen MR) is 65.1 cm³/mol. The largest absolute Gasteiger partial charge is 0.313 e. The van der Waals surface area contributed by atoms with Crippen molar-refractivity contribution in [3.8, 4) is 0 Å². The van der Waals surface area contributed by atoms with Gasteiger partial charge in [-0.2, -0.15) is 0 Å². The molecule has 0 aromatic carbocycles. The zero-order chi connectivity index (χ0) is 10.5. The summed E-state index contributed by atoms with van der Waals surface area (Å²) in [5.74, 6) is 0. The van der Waals surface area contributed by atoms with Crippen molar-refractivity contribution in [2.75, 3.05) is 19.6 Å². The predicted octanol–water partition coefficient (Wildman–Crippen LogP) is 2.39. The first kappa shape index (κ1) is 11.4. The number of rotatable bonds is 4. The minimum Gasteiger partial charge on any atom is -0.313 e. The van der Waals surface area contributed by atoms with Crippen LogP contribution in [0.15, 0.2) is 0 Å². The topological polar surface area (TPSA) is 15.3 Å². The standard InChI is InChI=1S/C13H26N2/c1-12-6-4-5-10-15(12)11-9-14-13-7-2-3-8-13/h12-14H,2-11H2,1H3/t12-/m1/s1. The zero-order valence-electron chi connectivity index (χ0n) is 10.2. The molecule has 0 amide bonds. The zero-order valence-corrected chi connectivity index (χ0v) is 10.2. The van der Waals surface area contributed by atoms with Crippen molar-refractivity contribution in [2.45, 2.75) is 64.0 Å². The number of piperidine rings is 1. The number of nitrogens with one attached hydrogen (secondary N) is 1. The molecular formula is C13H26N2. The summed E-state index contributed by atoms with van der Waals surface area (Å²) in [6, 6.07) is 1.66. The van der Waals surface area contributed by atoms with Gasteiger partial charge in [-0.15, -0.1) is 0 Å². The minimum atomic E-state index is 0.823. The smallest absolute Gasteiger partial charge is 0.0110 e. The highest BCUT2D eigenvalue weighted by Crippen LogP contribution is 2.18. The average molecular weight is 210 g/mol. The highest BCUT2D eigenvalue weighted by molar-refractivity contribution is 4.77. The summed E-state index contributed by atoms with van der Waals surface area (Å²) in [6.07, 6.45) is 9.96. The lowest BCUT2D eigenvalue weighted by molar-refractivity contribution is 0.160. The van der Waals surface area contributed by atoms with E-state index in [1.165, 1.54) is 64.6 Å². The maximum atomic E-state index is 3.71. The van der Waals surface area contributed by atoms with Crippen LogP contribution in [-0.2, 0) is 0 Å². The molecule has 1 N–H and O–H groups in total. The Hall–Kier alpha value is -0.0800. The molecule has 1 saturated carbocycles. The Balaban J connectivity index is 1.59. The van der Waals surface area contributed by atoms with Gasteiger partial charge in [0.1, 0.15) is 0 Å². The van der Waals surface area contributed by atoms with Crippen LogP contribution in [0.4, 0.5) is 0 Å². The van der Waals surface area contributed by atoms with E-state index in [0.717, 1.165) is 12.1 Å². The first-order valence-corrected chi connectivity index (χ1v) is 6.83. The first-order valence-electron chi connectivity index (χ1n) is 6.83. The maximum Gasteiger partial charge on any atom is 0.0110 e. The Morgan fingerprint density at radius 2 is 1.80 bits per heavy atom. The van der Waals surface area contributed by atoms with Gasteiger partial charge in [0, 0.05) is 25.2 Å². The van der Waals surface area contributed by atoms with E-state index in [1.54, 1.807) is 0 Å². The van der Waals surface area contributed by atoms with E-state index in [4.69, 9.17) is 0 Å². The molecule has 88 valence electrons. The van der Waals surface area contributed by atoms with Crippen molar-refractivity contribution in [2.24, 2.45) is 0 Å². The van der Waals surface area contributed by atoms with Gasteiger partial charge >= 0.3 is 0 Å². The summed E-state index contributed by atoms with van der Waals surface area (Å²) in [4.78, 5) is 2.66. The molecule has 2 heteroatoms.